The molecule has 0 radical (unpaired) electrons. The van der Waals surface area contributed by atoms with Crippen LogP contribution in [0.1, 0.15) is 10.4 Å². The molecule has 0 aliphatic carbocycles. The van der Waals surface area contributed by atoms with Crippen LogP contribution in [0.4, 0.5) is 0 Å². The fourth-order valence-electron chi connectivity index (χ4n) is 0.989. The van der Waals surface area contributed by atoms with Crippen molar-refractivity contribution in [2.45, 2.75) is 5.03 Å². The third-order valence-electron chi connectivity index (χ3n) is 1.64. The zero-order valence-corrected chi connectivity index (χ0v) is 10.5. The molecule has 1 aromatic rings. The van der Waals surface area contributed by atoms with Gasteiger partial charge in [0.05, 0.1) is 20.4 Å². The average Bonchev–Trinajstić information content (AvgIpc) is 2.15. The number of aromatic nitrogens is 1. The summed E-state index contributed by atoms with van der Waals surface area (Å²) in [4.78, 5) is 16.6. The van der Waals surface area contributed by atoms with Crippen LogP contribution in [0.2, 0.25) is 0 Å². The Hall–Kier alpha value is -0.950. The summed E-state index contributed by atoms with van der Waals surface area (Å²) in [5.41, 5.74) is 0.0550. The molecule has 1 aromatic heterocycles. The Labute approximate surface area is 95.2 Å². The molecule has 0 saturated carbocycles. The van der Waals surface area contributed by atoms with Gasteiger partial charge in [0.1, 0.15) is 0 Å². The van der Waals surface area contributed by atoms with Crippen LogP contribution in [-0.2, 0) is 8.27 Å². The standard InChI is InChI=1S/C8H9BrN2O3S/c1-11(2)8(12)6-4-3-5-10-7(6)15(9,13)14/h3-5H,1-2H3. The molecule has 1 amide bonds. The maximum atomic E-state index is 11.6. The van der Waals surface area contributed by atoms with E-state index in [-0.39, 0.29) is 10.6 Å². The molecule has 0 atom stereocenters. The van der Waals surface area contributed by atoms with E-state index in [0.717, 1.165) is 0 Å². The van der Waals surface area contributed by atoms with Gasteiger partial charge in [0.2, 0.25) is 0 Å². The highest BCUT2D eigenvalue weighted by molar-refractivity contribution is 9.47. The molecule has 82 valence electrons. The van der Waals surface area contributed by atoms with Gasteiger partial charge in [-0.3, -0.25) is 4.79 Å². The molecule has 7 heteroatoms. The second-order valence-electron chi connectivity index (χ2n) is 2.99. The smallest absolute Gasteiger partial charge is 0.256 e. The van der Waals surface area contributed by atoms with Crippen LogP contribution >= 0.6 is 14.8 Å². The summed E-state index contributed by atoms with van der Waals surface area (Å²) in [6, 6.07) is 2.93. The second kappa shape index (κ2) is 4.28. The van der Waals surface area contributed by atoms with Crippen molar-refractivity contribution in [2.24, 2.45) is 0 Å². The molecule has 1 heterocycles. The van der Waals surface area contributed by atoms with E-state index in [9.17, 15) is 13.2 Å². The number of halogens is 1. The van der Waals surface area contributed by atoms with Gasteiger partial charge in [-0.2, -0.15) is 0 Å². The monoisotopic (exact) mass is 292 g/mol. The van der Waals surface area contributed by atoms with E-state index in [4.69, 9.17) is 0 Å². The van der Waals surface area contributed by atoms with E-state index in [0.29, 0.717) is 0 Å². The van der Waals surface area contributed by atoms with Crippen molar-refractivity contribution in [3.63, 3.8) is 0 Å². The lowest BCUT2D eigenvalue weighted by Crippen LogP contribution is -2.23. The van der Waals surface area contributed by atoms with Crippen molar-refractivity contribution in [1.82, 2.24) is 9.88 Å². The molecule has 0 aliphatic heterocycles. The summed E-state index contributed by atoms with van der Waals surface area (Å²) in [5, 5.41) is -0.260. The fraction of sp³-hybridized carbons (Fsp3) is 0.250. The number of carbonyl (C=O) groups is 1. The Kier molecular flexibility index (Phi) is 3.46. The lowest BCUT2D eigenvalue weighted by molar-refractivity contribution is 0.0823. The lowest BCUT2D eigenvalue weighted by atomic mass is 10.2. The van der Waals surface area contributed by atoms with Gasteiger partial charge in [0.15, 0.2) is 5.03 Å². The van der Waals surface area contributed by atoms with E-state index in [1.54, 1.807) is 14.1 Å². The highest BCUT2D eigenvalue weighted by atomic mass is 79.9. The van der Waals surface area contributed by atoms with E-state index in [1.807, 2.05) is 0 Å². The molecular formula is C8H9BrN2O3S. The van der Waals surface area contributed by atoms with Crippen LogP contribution in [0.15, 0.2) is 23.4 Å². The number of hydrogen-bond acceptors (Lipinski definition) is 4. The summed E-state index contributed by atoms with van der Waals surface area (Å²) in [6.45, 7) is 0. The number of amides is 1. The SMILES string of the molecule is CN(C)C(=O)c1cccnc1S(=O)(=O)Br. The summed E-state index contributed by atoms with van der Waals surface area (Å²) in [5.74, 6) is -0.402. The minimum Gasteiger partial charge on any atom is -0.345 e. The van der Waals surface area contributed by atoms with Gasteiger partial charge >= 0.3 is 0 Å². The van der Waals surface area contributed by atoms with Gasteiger partial charge < -0.3 is 4.90 Å². The van der Waals surface area contributed by atoms with Gasteiger partial charge in [0.25, 0.3) is 14.2 Å². The molecule has 0 bridgehead atoms. The lowest BCUT2D eigenvalue weighted by Gasteiger charge is -2.11. The Morgan fingerprint density at radius 3 is 2.53 bits per heavy atom. The van der Waals surface area contributed by atoms with Crippen molar-refractivity contribution in [3.05, 3.63) is 23.9 Å². The molecule has 0 saturated heterocycles. The maximum absolute atomic E-state index is 11.6. The molecule has 0 aliphatic rings. The molecule has 0 spiro atoms. The number of pyridine rings is 1. The molecule has 0 aromatic carbocycles. The van der Waals surface area contributed by atoms with Crippen LogP contribution in [0, 0.1) is 0 Å². The summed E-state index contributed by atoms with van der Waals surface area (Å²) >= 11 is 2.49. The van der Waals surface area contributed by atoms with Crippen LogP contribution in [0.3, 0.4) is 0 Å². The van der Waals surface area contributed by atoms with Gasteiger partial charge in [-0.1, -0.05) is 0 Å². The first-order valence-corrected chi connectivity index (χ1v) is 7.28. The Bertz CT molecular complexity index is 484. The normalized spacial score (nSPS) is 11.1. The Balaban J connectivity index is 3.38. The highest BCUT2D eigenvalue weighted by Gasteiger charge is 2.22. The quantitative estimate of drug-likeness (QED) is 0.759. The zero-order valence-electron chi connectivity index (χ0n) is 8.14. The van der Waals surface area contributed by atoms with Crippen LogP contribution in [-0.4, -0.2) is 38.3 Å². The van der Waals surface area contributed by atoms with Crippen LogP contribution in [0.5, 0.6) is 0 Å². The van der Waals surface area contributed by atoms with Gasteiger partial charge in [-0.25, -0.2) is 13.4 Å². The molecule has 0 unspecified atom stereocenters. The first kappa shape index (κ1) is 12.1. The van der Waals surface area contributed by atoms with E-state index >= 15 is 0 Å². The fourth-order valence-corrected chi connectivity index (χ4v) is 2.37. The second-order valence-corrected chi connectivity index (χ2v) is 6.81. The third kappa shape index (κ3) is 2.75. The highest BCUT2D eigenvalue weighted by Crippen LogP contribution is 2.19. The van der Waals surface area contributed by atoms with E-state index in [1.165, 1.54) is 23.2 Å². The molecule has 1 rings (SSSR count). The third-order valence-corrected chi connectivity index (χ3v) is 3.35. The van der Waals surface area contributed by atoms with Gasteiger partial charge in [0, 0.05) is 20.3 Å². The molecule has 5 nitrogen and oxygen atoms in total. The average molecular weight is 293 g/mol. The molecule has 15 heavy (non-hydrogen) atoms. The molecule has 0 fully saturated rings. The molecule has 0 N–H and O–H groups in total. The van der Waals surface area contributed by atoms with Crippen LogP contribution in [0.25, 0.3) is 0 Å². The van der Waals surface area contributed by atoms with E-state index in [2.05, 4.69) is 19.8 Å². The van der Waals surface area contributed by atoms with Gasteiger partial charge in [-0.05, 0) is 12.1 Å². The van der Waals surface area contributed by atoms with Crippen LogP contribution < -0.4 is 0 Å². The minimum atomic E-state index is -3.66. The Morgan fingerprint density at radius 1 is 1.47 bits per heavy atom. The predicted octanol–water partition coefficient (Wildman–Crippen LogP) is 0.867. The largest absolute Gasteiger partial charge is 0.345 e. The van der Waals surface area contributed by atoms with E-state index < -0.39 is 14.2 Å². The zero-order chi connectivity index (χ0) is 11.6. The topological polar surface area (TPSA) is 67.3 Å². The Morgan fingerprint density at radius 2 is 2.07 bits per heavy atom. The van der Waals surface area contributed by atoms with Gasteiger partial charge in [-0.15, -0.1) is 0 Å². The number of rotatable bonds is 2. The maximum Gasteiger partial charge on any atom is 0.256 e. The molecular weight excluding hydrogens is 284 g/mol. The first-order chi connectivity index (χ1) is 6.84. The van der Waals surface area contributed by atoms with Crippen molar-refractivity contribution in [2.75, 3.05) is 14.1 Å². The number of carbonyl (C=O) groups excluding carboxylic acids is 1. The predicted molar refractivity (Wildman–Crippen MR) is 58.4 cm³/mol. The van der Waals surface area contributed by atoms with Crippen molar-refractivity contribution >= 4 is 29.0 Å². The van der Waals surface area contributed by atoms with Crippen molar-refractivity contribution in [3.8, 4) is 0 Å². The van der Waals surface area contributed by atoms with Crippen molar-refractivity contribution < 1.29 is 13.2 Å². The summed E-state index contributed by atoms with van der Waals surface area (Å²) < 4.78 is 22.5. The summed E-state index contributed by atoms with van der Waals surface area (Å²) in [6.07, 6.45) is 1.32. The summed E-state index contributed by atoms with van der Waals surface area (Å²) in [7, 11) is -0.575. The first-order valence-electron chi connectivity index (χ1n) is 3.95. The van der Waals surface area contributed by atoms with Crippen molar-refractivity contribution in [1.29, 1.82) is 0 Å². The number of hydrogen-bond donors (Lipinski definition) is 0. The minimum absolute atomic E-state index is 0.0550. The number of nitrogens with zero attached hydrogens (tertiary/aromatic N) is 2.